The summed E-state index contributed by atoms with van der Waals surface area (Å²) in [5.41, 5.74) is 6.50. The zero-order valence-corrected chi connectivity index (χ0v) is 7.40. The maximum atomic E-state index is 13.2. The largest absolute Gasteiger partial charge is 0.324 e. The summed E-state index contributed by atoms with van der Waals surface area (Å²) in [6, 6.07) is 5.04. The van der Waals surface area contributed by atoms with Crippen molar-refractivity contribution in [3.05, 3.63) is 29.6 Å². The highest BCUT2D eigenvalue weighted by Crippen LogP contribution is 2.35. The standard InChI is InChI=1S/C9H10FNS/c10-6-2-1-3-8-9(6)7(11)4-5-12-8/h1-3,7H,4-5,11H2/t7-/m0/s1. The molecule has 0 saturated carbocycles. The van der Waals surface area contributed by atoms with Crippen molar-refractivity contribution in [3.63, 3.8) is 0 Å². The number of thioether (sulfide) groups is 1. The Labute approximate surface area is 75.1 Å². The molecule has 0 fully saturated rings. The molecule has 0 amide bonds. The lowest BCUT2D eigenvalue weighted by Crippen LogP contribution is -2.17. The van der Waals surface area contributed by atoms with Crippen LogP contribution >= 0.6 is 11.8 Å². The third kappa shape index (κ3) is 1.23. The quantitative estimate of drug-likeness (QED) is 0.668. The first-order chi connectivity index (χ1) is 5.79. The third-order valence-electron chi connectivity index (χ3n) is 2.07. The Kier molecular flexibility index (Phi) is 2.07. The van der Waals surface area contributed by atoms with Gasteiger partial charge in [0.15, 0.2) is 0 Å². The Hall–Kier alpha value is -0.540. The summed E-state index contributed by atoms with van der Waals surface area (Å²) in [5, 5.41) is 0. The maximum absolute atomic E-state index is 13.2. The second-order valence-electron chi connectivity index (χ2n) is 2.90. The van der Waals surface area contributed by atoms with Crippen molar-refractivity contribution < 1.29 is 4.39 Å². The molecule has 0 saturated heterocycles. The summed E-state index contributed by atoms with van der Waals surface area (Å²) in [4.78, 5) is 1.01. The molecule has 12 heavy (non-hydrogen) atoms. The average molecular weight is 183 g/mol. The average Bonchev–Trinajstić information content (AvgIpc) is 2.04. The lowest BCUT2D eigenvalue weighted by atomic mass is 10.0. The van der Waals surface area contributed by atoms with Crippen LogP contribution < -0.4 is 5.73 Å². The first-order valence-corrected chi connectivity index (χ1v) is 4.94. The molecule has 1 atom stereocenters. The maximum Gasteiger partial charge on any atom is 0.129 e. The van der Waals surface area contributed by atoms with E-state index in [9.17, 15) is 4.39 Å². The molecule has 2 N–H and O–H groups in total. The normalized spacial score (nSPS) is 22.0. The molecule has 0 spiro atoms. The minimum Gasteiger partial charge on any atom is -0.324 e. The summed E-state index contributed by atoms with van der Waals surface area (Å²) < 4.78 is 13.2. The monoisotopic (exact) mass is 183 g/mol. The number of rotatable bonds is 0. The van der Waals surface area contributed by atoms with E-state index in [1.165, 1.54) is 6.07 Å². The summed E-state index contributed by atoms with van der Waals surface area (Å²) in [6.45, 7) is 0. The molecule has 1 heterocycles. The molecular formula is C9H10FNS. The van der Waals surface area contributed by atoms with Crippen molar-refractivity contribution in [1.29, 1.82) is 0 Å². The summed E-state index contributed by atoms with van der Waals surface area (Å²) in [5.74, 6) is 0.838. The molecule has 1 aromatic rings. The van der Waals surface area contributed by atoms with Gasteiger partial charge in [-0.2, -0.15) is 0 Å². The van der Waals surface area contributed by atoms with Crippen molar-refractivity contribution in [3.8, 4) is 0 Å². The van der Waals surface area contributed by atoms with E-state index in [1.54, 1.807) is 17.8 Å². The van der Waals surface area contributed by atoms with Gasteiger partial charge in [-0.15, -0.1) is 11.8 Å². The smallest absolute Gasteiger partial charge is 0.129 e. The highest BCUT2D eigenvalue weighted by molar-refractivity contribution is 7.99. The van der Waals surface area contributed by atoms with E-state index in [0.717, 1.165) is 17.1 Å². The van der Waals surface area contributed by atoms with Crippen LogP contribution in [0.25, 0.3) is 0 Å². The fourth-order valence-corrected chi connectivity index (χ4v) is 2.61. The van der Waals surface area contributed by atoms with Gasteiger partial charge in [-0.1, -0.05) is 6.07 Å². The van der Waals surface area contributed by atoms with Gasteiger partial charge in [-0.3, -0.25) is 0 Å². The first kappa shape index (κ1) is 8.08. The van der Waals surface area contributed by atoms with Crippen molar-refractivity contribution in [2.75, 3.05) is 5.75 Å². The van der Waals surface area contributed by atoms with Crippen LogP contribution in [0, 0.1) is 5.82 Å². The van der Waals surface area contributed by atoms with Crippen LogP contribution in [0.4, 0.5) is 4.39 Å². The number of hydrogen-bond acceptors (Lipinski definition) is 2. The number of hydrogen-bond donors (Lipinski definition) is 1. The molecule has 0 bridgehead atoms. The third-order valence-corrected chi connectivity index (χ3v) is 3.18. The lowest BCUT2D eigenvalue weighted by Gasteiger charge is -2.21. The van der Waals surface area contributed by atoms with Crippen molar-refractivity contribution >= 4 is 11.8 Å². The molecule has 0 radical (unpaired) electrons. The van der Waals surface area contributed by atoms with E-state index in [-0.39, 0.29) is 11.9 Å². The second kappa shape index (κ2) is 3.07. The number of halogens is 1. The van der Waals surface area contributed by atoms with Crippen LogP contribution in [-0.2, 0) is 0 Å². The topological polar surface area (TPSA) is 26.0 Å². The van der Waals surface area contributed by atoms with Gasteiger partial charge in [0, 0.05) is 16.5 Å². The van der Waals surface area contributed by atoms with Crippen LogP contribution in [0.5, 0.6) is 0 Å². The Bertz CT molecular complexity index is 301. The Morgan fingerprint density at radius 2 is 2.33 bits per heavy atom. The van der Waals surface area contributed by atoms with Crippen molar-refractivity contribution in [2.45, 2.75) is 17.4 Å². The van der Waals surface area contributed by atoms with E-state index < -0.39 is 0 Å². The highest BCUT2D eigenvalue weighted by atomic mass is 32.2. The van der Waals surface area contributed by atoms with E-state index in [2.05, 4.69) is 0 Å². The van der Waals surface area contributed by atoms with Gasteiger partial charge < -0.3 is 5.73 Å². The van der Waals surface area contributed by atoms with E-state index in [4.69, 9.17) is 5.73 Å². The molecule has 3 heteroatoms. The Balaban J connectivity index is 2.53. The molecule has 1 nitrogen and oxygen atoms in total. The van der Waals surface area contributed by atoms with Crippen molar-refractivity contribution in [2.24, 2.45) is 5.73 Å². The van der Waals surface area contributed by atoms with E-state index in [0.29, 0.717) is 5.56 Å². The number of nitrogens with two attached hydrogens (primary N) is 1. The lowest BCUT2D eigenvalue weighted by molar-refractivity contribution is 0.563. The molecule has 2 rings (SSSR count). The molecule has 1 aliphatic rings. The SMILES string of the molecule is N[C@H]1CCSc2cccc(F)c21. The van der Waals surface area contributed by atoms with Crippen LogP contribution in [0.3, 0.4) is 0 Å². The molecule has 0 aliphatic carbocycles. The highest BCUT2D eigenvalue weighted by Gasteiger charge is 2.20. The molecule has 0 aromatic heterocycles. The van der Waals surface area contributed by atoms with E-state index in [1.807, 2.05) is 6.07 Å². The van der Waals surface area contributed by atoms with Gasteiger partial charge in [-0.25, -0.2) is 4.39 Å². The van der Waals surface area contributed by atoms with Gasteiger partial charge in [0.1, 0.15) is 5.82 Å². The van der Waals surface area contributed by atoms with Gasteiger partial charge >= 0.3 is 0 Å². The zero-order valence-electron chi connectivity index (χ0n) is 6.59. The summed E-state index contributed by atoms with van der Waals surface area (Å²) >= 11 is 1.69. The van der Waals surface area contributed by atoms with Crippen LogP contribution in [0.2, 0.25) is 0 Å². The first-order valence-electron chi connectivity index (χ1n) is 3.96. The van der Waals surface area contributed by atoms with Crippen LogP contribution in [-0.4, -0.2) is 5.75 Å². The van der Waals surface area contributed by atoms with Crippen LogP contribution in [0.1, 0.15) is 18.0 Å². The minimum absolute atomic E-state index is 0.109. The van der Waals surface area contributed by atoms with Gasteiger partial charge in [0.05, 0.1) is 0 Å². The van der Waals surface area contributed by atoms with Gasteiger partial charge in [-0.05, 0) is 24.3 Å². The number of benzene rings is 1. The minimum atomic E-state index is -0.160. The molecule has 1 aromatic carbocycles. The van der Waals surface area contributed by atoms with Crippen LogP contribution in [0.15, 0.2) is 23.1 Å². The predicted molar refractivity (Wildman–Crippen MR) is 48.7 cm³/mol. The van der Waals surface area contributed by atoms with Gasteiger partial charge in [0.25, 0.3) is 0 Å². The second-order valence-corrected chi connectivity index (χ2v) is 4.03. The predicted octanol–water partition coefficient (Wildman–Crippen LogP) is 2.32. The Morgan fingerprint density at radius 1 is 1.50 bits per heavy atom. The number of fused-ring (bicyclic) bond motifs is 1. The summed E-state index contributed by atoms with van der Waals surface area (Å²) in [7, 11) is 0. The van der Waals surface area contributed by atoms with E-state index >= 15 is 0 Å². The molecule has 1 aliphatic heterocycles. The fraction of sp³-hybridized carbons (Fsp3) is 0.333. The molecular weight excluding hydrogens is 173 g/mol. The zero-order chi connectivity index (χ0) is 8.55. The summed E-state index contributed by atoms with van der Waals surface area (Å²) in [6.07, 6.45) is 0.874. The fourth-order valence-electron chi connectivity index (χ4n) is 1.44. The molecule has 0 unspecified atom stereocenters. The molecule has 64 valence electrons. The van der Waals surface area contributed by atoms with Gasteiger partial charge in [0.2, 0.25) is 0 Å². The Morgan fingerprint density at radius 3 is 3.08 bits per heavy atom. The van der Waals surface area contributed by atoms with Crippen molar-refractivity contribution in [1.82, 2.24) is 0 Å².